The molecule has 1 amide bonds. The molecule has 1 aliphatic heterocycles. The van der Waals surface area contributed by atoms with Crippen LogP contribution in [0.4, 0.5) is 0 Å². The van der Waals surface area contributed by atoms with Gasteiger partial charge in [-0.15, -0.1) is 12.3 Å². The summed E-state index contributed by atoms with van der Waals surface area (Å²) >= 11 is 0. The topological polar surface area (TPSA) is 37.4 Å². The van der Waals surface area contributed by atoms with E-state index in [1.54, 1.807) is 4.90 Å². The molecule has 0 aromatic rings. The van der Waals surface area contributed by atoms with Crippen LogP contribution in [-0.2, 0) is 9.59 Å². The number of hydrogen-bond acceptors (Lipinski definition) is 2. The number of piperidine rings is 1. The van der Waals surface area contributed by atoms with Gasteiger partial charge in [0, 0.05) is 25.9 Å². The molecule has 1 aliphatic rings. The van der Waals surface area contributed by atoms with Crippen molar-refractivity contribution in [3.05, 3.63) is 0 Å². The molecule has 1 heterocycles. The Morgan fingerprint density at radius 2 is 2.23 bits per heavy atom. The van der Waals surface area contributed by atoms with E-state index in [0.717, 1.165) is 6.42 Å². The predicted molar refractivity (Wildman–Crippen MR) is 48.9 cm³/mol. The van der Waals surface area contributed by atoms with Crippen LogP contribution in [0.5, 0.6) is 0 Å². The molecule has 0 aromatic heterocycles. The summed E-state index contributed by atoms with van der Waals surface area (Å²) in [6.45, 7) is 1.26. The number of unbranched alkanes of at least 4 members (excludes halogenated alkanes) is 1. The molecule has 1 fully saturated rings. The molecule has 0 aromatic carbocycles. The minimum absolute atomic E-state index is 0.0479. The van der Waals surface area contributed by atoms with Gasteiger partial charge < -0.3 is 4.90 Å². The van der Waals surface area contributed by atoms with Gasteiger partial charge in [-0.1, -0.05) is 0 Å². The van der Waals surface area contributed by atoms with E-state index in [-0.39, 0.29) is 18.1 Å². The van der Waals surface area contributed by atoms with Crippen molar-refractivity contribution in [3.8, 4) is 12.3 Å². The van der Waals surface area contributed by atoms with Crippen molar-refractivity contribution in [1.82, 2.24) is 4.90 Å². The van der Waals surface area contributed by atoms with E-state index in [1.807, 2.05) is 0 Å². The zero-order chi connectivity index (χ0) is 9.68. The monoisotopic (exact) mass is 179 g/mol. The fraction of sp³-hybridized carbons (Fsp3) is 0.600. The second-order valence-electron chi connectivity index (χ2n) is 3.15. The molecule has 3 nitrogen and oxygen atoms in total. The van der Waals surface area contributed by atoms with Gasteiger partial charge in [-0.2, -0.15) is 0 Å². The highest BCUT2D eigenvalue weighted by Gasteiger charge is 2.22. The SMILES string of the molecule is C#CCCCN1CCC(=O)CC1=O. The molecular formula is C10H13NO2. The Balaban J connectivity index is 2.31. The third-order valence-corrected chi connectivity index (χ3v) is 2.11. The van der Waals surface area contributed by atoms with Crippen molar-refractivity contribution in [2.24, 2.45) is 0 Å². The first-order valence-corrected chi connectivity index (χ1v) is 4.47. The largest absolute Gasteiger partial charge is 0.342 e. The lowest BCUT2D eigenvalue weighted by Gasteiger charge is -2.25. The van der Waals surface area contributed by atoms with E-state index >= 15 is 0 Å². The molecule has 0 N–H and O–H groups in total. The third kappa shape index (κ3) is 2.90. The summed E-state index contributed by atoms with van der Waals surface area (Å²) in [5, 5.41) is 0. The number of ketones is 1. The van der Waals surface area contributed by atoms with Crippen LogP contribution >= 0.6 is 0 Å². The standard InChI is InChI=1S/C10H13NO2/c1-2-3-4-6-11-7-5-9(12)8-10(11)13/h1H,3-8H2. The van der Waals surface area contributed by atoms with Gasteiger partial charge in [0.05, 0.1) is 6.42 Å². The predicted octanol–water partition coefficient (Wildman–Crippen LogP) is 0.591. The van der Waals surface area contributed by atoms with Crippen molar-refractivity contribution in [2.45, 2.75) is 25.7 Å². The average Bonchev–Trinajstić information content (AvgIpc) is 2.09. The van der Waals surface area contributed by atoms with Gasteiger partial charge in [-0.25, -0.2) is 0 Å². The Bertz CT molecular complexity index is 252. The van der Waals surface area contributed by atoms with Crippen molar-refractivity contribution >= 4 is 11.7 Å². The summed E-state index contributed by atoms with van der Waals surface area (Å²) in [6, 6.07) is 0. The number of rotatable bonds is 3. The molecule has 0 unspecified atom stereocenters. The number of terminal acetylenes is 1. The van der Waals surface area contributed by atoms with Crippen LogP contribution in [0.3, 0.4) is 0 Å². The first-order chi connectivity index (χ1) is 6.24. The van der Waals surface area contributed by atoms with E-state index < -0.39 is 0 Å². The fourth-order valence-corrected chi connectivity index (χ4v) is 1.36. The van der Waals surface area contributed by atoms with Gasteiger partial charge in [0.2, 0.25) is 5.91 Å². The molecule has 0 aliphatic carbocycles. The van der Waals surface area contributed by atoms with Crippen LogP contribution in [-0.4, -0.2) is 29.7 Å². The molecule has 70 valence electrons. The Labute approximate surface area is 78.1 Å². The van der Waals surface area contributed by atoms with Gasteiger partial charge in [-0.3, -0.25) is 9.59 Å². The summed E-state index contributed by atoms with van der Waals surface area (Å²) in [4.78, 5) is 23.8. The Hall–Kier alpha value is -1.30. The van der Waals surface area contributed by atoms with Crippen LogP contribution in [0, 0.1) is 12.3 Å². The quantitative estimate of drug-likeness (QED) is 0.361. The van der Waals surface area contributed by atoms with Gasteiger partial charge in [0.25, 0.3) is 0 Å². The number of amides is 1. The molecule has 1 rings (SSSR count). The average molecular weight is 179 g/mol. The Morgan fingerprint density at radius 1 is 1.46 bits per heavy atom. The maximum atomic E-state index is 11.3. The smallest absolute Gasteiger partial charge is 0.230 e. The number of nitrogens with zero attached hydrogens (tertiary/aromatic N) is 1. The summed E-state index contributed by atoms with van der Waals surface area (Å²) in [5.41, 5.74) is 0. The van der Waals surface area contributed by atoms with Crippen molar-refractivity contribution < 1.29 is 9.59 Å². The number of carbonyl (C=O) groups is 2. The number of hydrogen-bond donors (Lipinski definition) is 0. The highest BCUT2D eigenvalue weighted by molar-refractivity contribution is 6.00. The zero-order valence-corrected chi connectivity index (χ0v) is 7.58. The number of Topliss-reactive ketones (excluding diaryl/α,β-unsaturated/α-hetero) is 1. The Morgan fingerprint density at radius 3 is 2.85 bits per heavy atom. The second kappa shape index (κ2) is 4.66. The minimum Gasteiger partial charge on any atom is -0.342 e. The molecule has 0 bridgehead atoms. The van der Waals surface area contributed by atoms with Crippen LogP contribution < -0.4 is 0 Å². The highest BCUT2D eigenvalue weighted by Crippen LogP contribution is 2.08. The summed E-state index contributed by atoms with van der Waals surface area (Å²) in [7, 11) is 0. The van der Waals surface area contributed by atoms with Crippen LogP contribution in [0.1, 0.15) is 25.7 Å². The second-order valence-corrected chi connectivity index (χ2v) is 3.15. The van der Waals surface area contributed by atoms with Gasteiger partial charge >= 0.3 is 0 Å². The van der Waals surface area contributed by atoms with E-state index in [1.165, 1.54) is 0 Å². The normalized spacial score (nSPS) is 17.3. The first kappa shape index (κ1) is 9.79. The molecular weight excluding hydrogens is 166 g/mol. The summed E-state index contributed by atoms with van der Waals surface area (Å²) in [5.74, 6) is 2.53. The van der Waals surface area contributed by atoms with Gasteiger partial charge in [0.15, 0.2) is 0 Å². The fourth-order valence-electron chi connectivity index (χ4n) is 1.36. The van der Waals surface area contributed by atoms with Gasteiger partial charge in [-0.05, 0) is 6.42 Å². The molecule has 1 saturated heterocycles. The van der Waals surface area contributed by atoms with Gasteiger partial charge in [0.1, 0.15) is 5.78 Å². The molecule has 0 radical (unpaired) electrons. The Kier molecular flexibility index (Phi) is 3.51. The lowest BCUT2D eigenvalue weighted by molar-refractivity contribution is -0.139. The summed E-state index contributed by atoms with van der Waals surface area (Å²) < 4.78 is 0. The van der Waals surface area contributed by atoms with Crippen LogP contribution in [0.25, 0.3) is 0 Å². The maximum absolute atomic E-state index is 11.3. The van der Waals surface area contributed by atoms with E-state index in [2.05, 4.69) is 5.92 Å². The van der Waals surface area contributed by atoms with Crippen molar-refractivity contribution in [1.29, 1.82) is 0 Å². The summed E-state index contributed by atoms with van der Waals surface area (Å²) in [6.07, 6.45) is 7.20. The maximum Gasteiger partial charge on any atom is 0.230 e. The lowest BCUT2D eigenvalue weighted by Crippen LogP contribution is -2.39. The number of likely N-dealkylation sites (tertiary alicyclic amines) is 1. The van der Waals surface area contributed by atoms with Crippen molar-refractivity contribution in [3.63, 3.8) is 0 Å². The minimum atomic E-state index is -0.0479. The highest BCUT2D eigenvalue weighted by atomic mass is 16.2. The molecule has 0 saturated carbocycles. The third-order valence-electron chi connectivity index (χ3n) is 2.11. The van der Waals surface area contributed by atoms with Crippen LogP contribution in [0.2, 0.25) is 0 Å². The molecule has 13 heavy (non-hydrogen) atoms. The molecule has 0 spiro atoms. The first-order valence-electron chi connectivity index (χ1n) is 4.47. The zero-order valence-electron chi connectivity index (χ0n) is 7.58. The van der Waals surface area contributed by atoms with Crippen LogP contribution in [0.15, 0.2) is 0 Å². The molecule has 3 heteroatoms. The van der Waals surface area contributed by atoms with E-state index in [9.17, 15) is 9.59 Å². The van der Waals surface area contributed by atoms with E-state index in [4.69, 9.17) is 6.42 Å². The van der Waals surface area contributed by atoms with E-state index in [0.29, 0.717) is 25.9 Å². The molecule has 0 atom stereocenters. The number of carbonyl (C=O) groups excluding carboxylic acids is 2. The van der Waals surface area contributed by atoms with Crippen molar-refractivity contribution in [2.75, 3.05) is 13.1 Å². The lowest BCUT2D eigenvalue weighted by atomic mass is 10.1.